The molecular formula is C16H16ClN3O3. The molecule has 2 aromatic carbocycles. The molecule has 2 N–H and O–H groups in total. The van der Waals surface area contributed by atoms with Crippen LogP contribution in [-0.4, -0.2) is 17.4 Å². The Morgan fingerprint density at radius 2 is 1.96 bits per heavy atom. The highest BCUT2D eigenvalue weighted by Gasteiger charge is 2.16. The molecule has 1 amide bonds. The van der Waals surface area contributed by atoms with Gasteiger partial charge in [-0.3, -0.25) is 14.9 Å². The second-order valence-corrected chi connectivity index (χ2v) is 5.42. The molecule has 0 aliphatic heterocycles. The zero-order chi connectivity index (χ0) is 16.8. The predicted octanol–water partition coefficient (Wildman–Crippen LogP) is 3.54. The third-order valence-corrected chi connectivity index (χ3v) is 3.53. The van der Waals surface area contributed by atoms with Gasteiger partial charge in [-0.1, -0.05) is 41.9 Å². The molecule has 6 nitrogen and oxygen atoms in total. The first kappa shape index (κ1) is 16.9. The number of carbonyl (C=O) groups excluding carboxylic acids is 1. The van der Waals surface area contributed by atoms with Crippen LogP contribution < -0.4 is 10.6 Å². The molecule has 0 aliphatic rings. The van der Waals surface area contributed by atoms with Crippen molar-refractivity contribution in [1.82, 2.24) is 5.32 Å². The van der Waals surface area contributed by atoms with Crippen LogP contribution in [0.4, 0.5) is 11.4 Å². The van der Waals surface area contributed by atoms with Crippen LogP contribution in [-0.2, 0) is 4.79 Å². The van der Waals surface area contributed by atoms with Crippen LogP contribution in [0.3, 0.4) is 0 Å². The highest BCUT2D eigenvalue weighted by molar-refractivity contribution is 6.31. The average molecular weight is 334 g/mol. The second kappa shape index (κ2) is 7.71. The van der Waals surface area contributed by atoms with E-state index in [1.165, 1.54) is 18.2 Å². The number of hydrogen-bond donors (Lipinski definition) is 2. The zero-order valence-electron chi connectivity index (χ0n) is 12.5. The lowest BCUT2D eigenvalue weighted by Gasteiger charge is -2.14. The summed E-state index contributed by atoms with van der Waals surface area (Å²) in [5.41, 5.74) is 0.939. The van der Waals surface area contributed by atoms with Gasteiger partial charge in [-0.15, -0.1) is 0 Å². The first-order chi connectivity index (χ1) is 11.0. The van der Waals surface area contributed by atoms with E-state index in [0.29, 0.717) is 5.02 Å². The van der Waals surface area contributed by atoms with Crippen LogP contribution in [0, 0.1) is 10.1 Å². The van der Waals surface area contributed by atoms with E-state index in [1.807, 2.05) is 37.3 Å². The summed E-state index contributed by atoms with van der Waals surface area (Å²) >= 11 is 5.82. The van der Waals surface area contributed by atoms with E-state index in [4.69, 9.17) is 11.6 Å². The molecule has 0 saturated carbocycles. The Morgan fingerprint density at radius 1 is 1.26 bits per heavy atom. The lowest BCUT2D eigenvalue weighted by molar-refractivity contribution is -0.383. The molecule has 0 aromatic heterocycles. The molecule has 0 heterocycles. The number of benzene rings is 2. The fraction of sp³-hybridized carbons (Fsp3) is 0.188. The summed E-state index contributed by atoms with van der Waals surface area (Å²) in [6.45, 7) is 1.96. The monoisotopic (exact) mass is 333 g/mol. The van der Waals surface area contributed by atoms with Crippen LogP contribution in [0.25, 0.3) is 0 Å². The third kappa shape index (κ3) is 4.77. The number of amides is 1. The smallest absolute Gasteiger partial charge is 0.292 e. The van der Waals surface area contributed by atoms with E-state index < -0.39 is 4.92 Å². The van der Waals surface area contributed by atoms with E-state index in [9.17, 15) is 14.9 Å². The fourth-order valence-corrected chi connectivity index (χ4v) is 2.24. The number of nitro benzene ring substituents is 1. The number of halogens is 1. The van der Waals surface area contributed by atoms with Crippen LogP contribution in [0.2, 0.25) is 5.02 Å². The van der Waals surface area contributed by atoms with Crippen molar-refractivity contribution >= 4 is 28.9 Å². The molecule has 23 heavy (non-hydrogen) atoms. The number of rotatable bonds is 6. The maximum atomic E-state index is 12.0. The molecule has 0 bridgehead atoms. The topological polar surface area (TPSA) is 84.3 Å². The third-order valence-electron chi connectivity index (χ3n) is 3.30. The number of carbonyl (C=O) groups is 1. The van der Waals surface area contributed by atoms with Crippen LogP contribution in [0.1, 0.15) is 18.5 Å². The molecule has 120 valence electrons. The minimum absolute atomic E-state index is 0.0173. The second-order valence-electron chi connectivity index (χ2n) is 4.98. The molecule has 0 unspecified atom stereocenters. The molecular weight excluding hydrogens is 318 g/mol. The first-order valence-electron chi connectivity index (χ1n) is 6.99. The van der Waals surface area contributed by atoms with Crippen molar-refractivity contribution in [3.8, 4) is 0 Å². The van der Waals surface area contributed by atoms with Crippen molar-refractivity contribution in [2.24, 2.45) is 0 Å². The summed E-state index contributed by atoms with van der Waals surface area (Å²) in [5, 5.41) is 16.9. The summed E-state index contributed by atoms with van der Waals surface area (Å²) < 4.78 is 0. The van der Waals surface area contributed by atoms with Crippen molar-refractivity contribution in [3.63, 3.8) is 0 Å². The highest BCUT2D eigenvalue weighted by atomic mass is 35.5. The lowest BCUT2D eigenvalue weighted by Crippen LogP contribution is -2.30. The number of nitrogens with zero attached hydrogens (tertiary/aromatic N) is 1. The van der Waals surface area contributed by atoms with Gasteiger partial charge in [0.25, 0.3) is 5.69 Å². The molecule has 0 saturated heterocycles. The molecule has 2 aromatic rings. The minimum atomic E-state index is -0.564. The van der Waals surface area contributed by atoms with Crippen molar-refractivity contribution < 1.29 is 9.72 Å². The summed E-state index contributed by atoms with van der Waals surface area (Å²) in [6.07, 6.45) is 0. The van der Waals surface area contributed by atoms with Crippen LogP contribution >= 0.6 is 11.6 Å². The molecule has 0 fully saturated rings. The largest absolute Gasteiger partial charge is 0.319 e. The fourth-order valence-electron chi connectivity index (χ4n) is 2.07. The summed E-state index contributed by atoms with van der Waals surface area (Å²) in [5.74, 6) is -0.377. The molecule has 0 radical (unpaired) electrons. The van der Waals surface area contributed by atoms with Crippen LogP contribution in [0.5, 0.6) is 0 Å². The molecule has 1 atom stereocenters. The Morgan fingerprint density at radius 3 is 2.61 bits per heavy atom. The van der Waals surface area contributed by atoms with Gasteiger partial charge in [0, 0.05) is 17.1 Å². The summed E-state index contributed by atoms with van der Waals surface area (Å²) in [7, 11) is 0. The van der Waals surface area contributed by atoms with E-state index in [0.717, 1.165) is 5.56 Å². The van der Waals surface area contributed by atoms with Gasteiger partial charge in [0.05, 0.1) is 11.5 Å². The molecule has 7 heteroatoms. The number of nitro groups is 1. The lowest BCUT2D eigenvalue weighted by atomic mass is 10.1. The quantitative estimate of drug-likeness (QED) is 0.625. The van der Waals surface area contributed by atoms with E-state index in [-0.39, 0.29) is 29.9 Å². The molecule has 2 rings (SSSR count). The van der Waals surface area contributed by atoms with Gasteiger partial charge in [-0.25, -0.2) is 0 Å². The average Bonchev–Trinajstić information content (AvgIpc) is 2.53. The van der Waals surface area contributed by atoms with Crippen molar-refractivity contribution in [1.29, 1.82) is 0 Å². The van der Waals surface area contributed by atoms with Gasteiger partial charge in [0.15, 0.2) is 0 Å². The Balaban J connectivity index is 1.98. The number of nitrogens with one attached hydrogen (secondary N) is 2. The number of anilines is 1. The molecule has 0 spiro atoms. The Bertz CT molecular complexity index is 707. The highest BCUT2D eigenvalue weighted by Crippen LogP contribution is 2.27. The maximum absolute atomic E-state index is 12.0. The van der Waals surface area contributed by atoms with Gasteiger partial charge in [-0.05, 0) is 24.6 Å². The standard InChI is InChI=1S/C16H16ClN3O3/c1-11(12-5-3-2-4-6-12)18-10-16(21)19-14-9-13(17)7-8-15(14)20(22)23/h2-9,11,18H,10H2,1H3,(H,19,21)/t11-/m1/s1. The van der Waals surface area contributed by atoms with E-state index in [2.05, 4.69) is 10.6 Å². The first-order valence-corrected chi connectivity index (χ1v) is 7.37. The maximum Gasteiger partial charge on any atom is 0.292 e. The SMILES string of the molecule is C[C@@H](NCC(=O)Nc1cc(Cl)ccc1[N+](=O)[O-])c1ccccc1. The van der Waals surface area contributed by atoms with E-state index >= 15 is 0 Å². The van der Waals surface area contributed by atoms with Crippen molar-refractivity contribution in [2.75, 3.05) is 11.9 Å². The predicted molar refractivity (Wildman–Crippen MR) is 89.6 cm³/mol. The Hall–Kier alpha value is -2.44. The summed E-state index contributed by atoms with van der Waals surface area (Å²) in [4.78, 5) is 22.4. The summed E-state index contributed by atoms with van der Waals surface area (Å²) in [6, 6.07) is 13.7. The molecule has 0 aliphatic carbocycles. The van der Waals surface area contributed by atoms with Gasteiger partial charge in [0.1, 0.15) is 5.69 Å². The van der Waals surface area contributed by atoms with Crippen molar-refractivity contribution in [3.05, 3.63) is 69.2 Å². The Kier molecular flexibility index (Phi) is 5.67. The van der Waals surface area contributed by atoms with Gasteiger partial charge >= 0.3 is 0 Å². The van der Waals surface area contributed by atoms with Gasteiger partial charge < -0.3 is 10.6 Å². The minimum Gasteiger partial charge on any atom is -0.319 e. The van der Waals surface area contributed by atoms with Crippen LogP contribution in [0.15, 0.2) is 48.5 Å². The van der Waals surface area contributed by atoms with E-state index in [1.54, 1.807) is 0 Å². The zero-order valence-corrected chi connectivity index (χ0v) is 13.2. The number of hydrogen-bond acceptors (Lipinski definition) is 4. The van der Waals surface area contributed by atoms with Crippen molar-refractivity contribution in [2.45, 2.75) is 13.0 Å². The van der Waals surface area contributed by atoms with Gasteiger partial charge in [-0.2, -0.15) is 0 Å². The van der Waals surface area contributed by atoms with Gasteiger partial charge in [0.2, 0.25) is 5.91 Å². The Labute approximate surface area is 138 Å². The normalized spacial score (nSPS) is 11.7.